The first-order chi connectivity index (χ1) is 9.56. The highest BCUT2D eigenvalue weighted by molar-refractivity contribution is 9.10. The zero-order chi connectivity index (χ0) is 16.0. The van der Waals surface area contributed by atoms with Crippen molar-refractivity contribution >= 4 is 43.1 Å². The molecule has 1 amide bonds. The van der Waals surface area contributed by atoms with E-state index in [9.17, 15) is 18.0 Å². The molecule has 0 unspecified atom stereocenters. The van der Waals surface area contributed by atoms with Gasteiger partial charge in [-0.25, -0.2) is 8.42 Å². The number of benzene rings is 1. The number of hydrogen-bond donors (Lipinski definition) is 0. The Morgan fingerprint density at radius 2 is 1.81 bits per heavy atom. The van der Waals surface area contributed by atoms with Crippen LogP contribution in [0.4, 0.5) is 5.69 Å². The minimum atomic E-state index is -3.36. The lowest BCUT2D eigenvalue weighted by atomic mass is 10.1. The third-order valence-electron chi connectivity index (χ3n) is 3.46. The number of carbonyl (C=O) groups is 2. The number of fused-ring (bicyclic) bond motifs is 1. The first-order valence-electron chi connectivity index (χ1n) is 6.43. The highest BCUT2D eigenvalue weighted by Crippen LogP contribution is 2.36. The molecular formula is C14H16BrNO4S. The second kappa shape index (κ2) is 5.21. The van der Waals surface area contributed by atoms with Crippen LogP contribution in [-0.2, 0) is 14.6 Å². The SMILES string of the molecule is CC(C)(C)S(=O)(=O)CCN1C(=O)C(=O)c2cccc(Br)c21. The normalized spacial score (nSPS) is 15.5. The number of ketones is 1. The summed E-state index contributed by atoms with van der Waals surface area (Å²) >= 11 is 3.31. The van der Waals surface area contributed by atoms with E-state index in [1.807, 2.05) is 0 Å². The first-order valence-corrected chi connectivity index (χ1v) is 8.88. The Balaban J connectivity index is 2.32. The Bertz CT molecular complexity index is 719. The molecule has 1 aliphatic heterocycles. The third-order valence-corrected chi connectivity index (χ3v) is 6.68. The van der Waals surface area contributed by atoms with Crippen molar-refractivity contribution in [3.63, 3.8) is 0 Å². The molecule has 0 N–H and O–H groups in total. The fourth-order valence-corrected chi connectivity index (χ4v) is 3.66. The zero-order valence-corrected chi connectivity index (χ0v) is 14.4. The van der Waals surface area contributed by atoms with Crippen molar-refractivity contribution in [3.8, 4) is 0 Å². The van der Waals surface area contributed by atoms with Gasteiger partial charge in [-0.15, -0.1) is 0 Å². The number of rotatable bonds is 3. The van der Waals surface area contributed by atoms with E-state index in [0.717, 1.165) is 0 Å². The zero-order valence-electron chi connectivity index (χ0n) is 12.0. The third kappa shape index (κ3) is 2.76. The Kier molecular flexibility index (Phi) is 4.01. The van der Waals surface area contributed by atoms with E-state index in [-0.39, 0.29) is 12.3 Å². The predicted octanol–water partition coefficient (Wildman–Crippen LogP) is 2.19. The van der Waals surface area contributed by atoms with E-state index >= 15 is 0 Å². The molecule has 0 saturated heterocycles. The van der Waals surface area contributed by atoms with Crippen LogP contribution in [0, 0.1) is 0 Å². The Labute approximate surface area is 132 Å². The quantitative estimate of drug-likeness (QED) is 0.761. The van der Waals surface area contributed by atoms with Gasteiger partial charge in [0.1, 0.15) is 0 Å². The molecule has 2 rings (SSSR count). The summed E-state index contributed by atoms with van der Waals surface area (Å²) in [5, 5.41) is 0. The molecule has 0 atom stereocenters. The molecule has 1 aromatic rings. The van der Waals surface area contributed by atoms with Crippen molar-refractivity contribution in [1.82, 2.24) is 0 Å². The van der Waals surface area contributed by atoms with Gasteiger partial charge in [0, 0.05) is 11.0 Å². The monoisotopic (exact) mass is 373 g/mol. The van der Waals surface area contributed by atoms with Crippen molar-refractivity contribution in [2.45, 2.75) is 25.5 Å². The summed E-state index contributed by atoms with van der Waals surface area (Å²) in [6.07, 6.45) is 0. The van der Waals surface area contributed by atoms with Crippen molar-refractivity contribution in [2.75, 3.05) is 17.2 Å². The lowest BCUT2D eigenvalue weighted by molar-refractivity contribution is -0.114. The van der Waals surface area contributed by atoms with Crippen LogP contribution < -0.4 is 4.90 Å². The summed E-state index contributed by atoms with van der Waals surface area (Å²) < 4.78 is 24.0. The van der Waals surface area contributed by atoms with Gasteiger partial charge in [-0.1, -0.05) is 6.07 Å². The van der Waals surface area contributed by atoms with Crippen LogP contribution >= 0.6 is 15.9 Å². The molecule has 0 aliphatic carbocycles. The molecule has 5 nitrogen and oxygen atoms in total. The molecule has 0 saturated carbocycles. The highest BCUT2D eigenvalue weighted by atomic mass is 79.9. The smallest absolute Gasteiger partial charge is 0.299 e. The molecule has 0 radical (unpaired) electrons. The molecule has 0 spiro atoms. The van der Waals surface area contributed by atoms with E-state index in [0.29, 0.717) is 15.7 Å². The van der Waals surface area contributed by atoms with Gasteiger partial charge in [0.25, 0.3) is 11.7 Å². The van der Waals surface area contributed by atoms with Gasteiger partial charge in [-0.3, -0.25) is 9.59 Å². The summed E-state index contributed by atoms with van der Waals surface area (Å²) in [5.74, 6) is -1.46. The number of hydrogen-bond acceptors (Lipinski definition) is 4. The molecular weight excluding hydrogens is 358 g/mol. The Hall–Kier alpha value is -1.21. The van der Waals surface area contributed by atoms with Crippen molar-refractivity contribution in [2.24, 2.45) is 0 Å². The molecule has 7 heteroatoms. The molecule has 1 heterocycles. The molecule has 21 heavy (non-hydrogen) atoms. The van der Waals surface area contributed by atoms with E-state index in [1.54, 1.807) is 39.0 Å². The van der Waals surface area contributed by atoms with Gasteiger partial charge >= 0.3 is 0 Å². The number of Topliss-reactive ketones (excluding diaryl/α,β-unsaturated/α-hetero) is 1. The maximum absolute atomic E-state index is 12.2. The molecule has 1 aliphatic rings. The average molecular weight is 374 g/mol. The van der Waals surface area contributed by atoms with Gasteiger partial charge < -0.3 is 4.90 Å². The summed E-state index contributed by atoms with van der Waals surface area (Å²) in [7, 11) is -3.36. The van der Waals surface area contributed by atoms with Crippen LogP contribution in [-0.4, -0.2) is 37.2 Å². The standard InChI is InChI=1S/C14H16BrNO4S/c1-14(2,3)21(19,20)8-7-16-11-9(12(17)13(16)18)5-4-6-10(11)15/h4-6H,7-8H2,1-3H3. The van der Waals surface area contributed by atoms with Crippen LogP contribution in [0.3, 0.4) is 0 Å². The van der Waals surface area contributed by atoms with Crippen LogP contribution in [0.15, 0.2) is 22.7 Å². The molecule has 114 valence electrons. The number of amides is 1. The van der Waals surface area contributed by atoms with E-state index in [1.165, 1.54) is 4.90 Å². The summed E-state index contributed by atoms with van der Waals surface area (Å²) in [6, 6.07) is 4.96. The van der Waals surface area contributed by atoms with E-state index < -0.39 is 26.3 Å². The van der Waals surface area contributed by atoms with Crippen molar-refractivity contribution < 1.29 is 18.0 Å². The lowest BCUT2D eigenvalue weighted by Crippen LogP contribution is -2.39. The van der Waals surface area contributed by atoms with Gasteiger partial charge in [0.15, 0.2) is 9.84 Å². The Morgan fingerprint density at radius 1 is 1.19 bits per heavy atom. The van der Waals surface area contributed by atoms with Gasteiger partial charge in [0.2, 0.25) is 0 Å². The largest absolute Gasteiger partial charge is 0.303 e. The fourth-order valence-electron chi connectivity index (χ4n) is 2.04. The average Bonchev–Trinajstić information content (AvgIpc) is 2.61. The summed E-state index contributed by atoms with van der Waals surface area (Å²) in [4.78, 5) is 25.2. The van der Waals surface area contributed by atoms with Crippen LogP contribution in [0.5, 0.6) is 0 Å². The van der Waals surface area contributed by atoms with Crippen LogP contribution in [0.1, 0.15) is 31.1 Å². The number of anilines is 1. The molecule has 0 aromatic heterocycles. The van der Waals surface area contributed by atoms with E-state index in [4.69, 9.17) is 0 Å². The summed E-state index contributed by atoms with van der Waals surface area (Å²) in [5.41, 5.74) is 0.763. The molecule has 0 bridgehead atoms. The maximum atomic E-state index is 12.2. The summed E-state index contributed by atoms with van der Waals surface area (Å²) in [6.45, 7) is 4.81. The molecule has 0 fully saturated rings. The second-order valence-corrected chi connectivity index (χ2v) is 9.57. The van der Waals surface area contributed by atoms with Gasteiger partial charge in [-0.2, -0.15) is 0 Å². The number of nitrogens with zero attached hydrogens (tertiary/aromatic N) is 1. The lowest BCUT2D eigenvalue weighted by Gasteiger charge is -2.22. The van der Waals surface area contributed by atoms with Gasteiger partial charge in [0.05, 0.1) is 21.8 Å². The van der Waals surface area contributed by atoms with Crippen LogP contribution in [0.2, 0.25) is 0 Å². The second-order valence-electron chi connectivity index (χ2n) is 5.85. The Morgan fingerprint density at radius 3 is 2.38 bits per heavy atom. The number of halogens is 1. The predicted molar refractivity (Wildman–Crippen MR) is 84.4 cm³/mol. The number of carbonyl (C=O) groups excluding carboxylic acids is 2. The van der Waals surface area contributed by atoms with Crippen molar-refractivity contribution in [3.05, 3.63) is 28.2 Å². The van der Waals surface area contributed by atoms with Crippen molar-refractivity contribution in [1.29, 1.82) is 0 Å². The van der Waals surface area contributed by atoms with E-state index in [2.05, 4.69) is 15.9 Å². The topological polar surface area (TPSA) is 71.5 Å². The molecule has 1 aromatic carbocycles. The minimum Gasteiger partial charge on any atom is -0.303 e. The van der Waals surface area contributed by atoms with Gasteiger partial charge in [-0.05, 0) is 48.8 Å². The fraction of sp³-hybridized carbons (Fsp3) is 0.429. The number of para-hydroxylation sites is 1. The highest BCUT2D eigenvalue weighted by Gasteiger charge is 2.38. The number of sulfone groups is 1. The maximum Gasteiger partial charge on any atom is 0.299 e. The van der Waals surface area contributed by atoms with Crippen LogP contribution in [0.25, 0.3) is 0 Å². The minimum absolute atomic E-state index is 0.0280. The first kappa shape index (κ1) is 16.2.